The van der Waals surface area contributed by atoms with Crippen LogP contribution < -0.4 is 10.0 Å². The second-order valence-electron chi connectivity index (χ2n) is 4.68. The van der Waals surface area contributed by atoms with Gasteiger partial charge < -0.3 is 5.32 Å². The van der Waals surface area contributed by atoms with Crippen LogP contribution in [0.3, 0.4) is 0 Å². The molecule has 0 fully saturated rings. The molecule has 0 aliphatic rings. The second-order valence-corrected chi connectivity index (χ2v) is 6.45. The maximum absolute atomic E-state index is 13.6. The maximum atomic E-state index is 13.6. The van der Waals surface area contributed by atoms with Crippen molar-refractivity contribution in [3.63, 3.8) is 0 Å². The van der Waals surface area contributed by atoms with Gasteiger partial charge in [-0.25, -0.2) is 17.5 Å². The molecular weight excluding hydrogens is 279 g/mol. The fourth-order valence-corrected chi connectivity index (χ4v) is 2.84. The molecule has 2 N–H and O–H groups in total. The summed E-state index contributed by atoms with van der Waals surface area (Å²) in [7, 11) is -3.55. The molecule has 0 spiro atoms. The molecule has 4 nitrogen and oxygen atoms in total. The molecule has 0 aliphatic carbocycles. The zero-order valence-electron chi connectivity index (χ0n) is 12.1. The summed E-state index contributed by atoms with van der Waals surface area (Å²) in [5, 5.41) is 3.07. The Labute approximate surface area is 120 Å². The van der Waals surface area contributed by atoms with Crippen LogP contribution in [0, 0.1) is 5.82 Å². The fourth-order valence-electron chi connectivity index (χ4n) is 1.72. The number of sulfonamides is 1. The summed E-state index contributed by atoms with van der Waals surface area (Å²) in [4.78, 5) is 0.114. The average molecular weight is 302 g/mol. The molecule has 1 aromatic carbocycles. The van der Waals surface area contributed by atoms with Crippen LogP contribution in [-0.4, -0.2) is 21.5 Å². The Bertz CT molecular complexity index is 518. The molecule has 0 unspecified atom stereocenters. The van der Waals surface area contributed by atoms with Crippen molar-refractivity contribution < 1.29 is 12.8 Å². The molecule has 0 amide bonds. The van der Waals surface area contributed by atoms with E-state index in [1.54, 1.807) is 0 Å². The molecule has 1 aromatic rings. The van der Waals surface area contributed by atoms with Crippen LogP contribution in [0.1, 0.15) is 38.7 Å². The highest BCUT2D eigenvalue weighted by atomic mass is 32.2. The van der Waals surface area contributed by atoms with Gasteiger partial charge in [0.2, 0.25) is 10.0 Å². The minimum Gasteiger partial charge on any atom is -0.313 e. The molecule has 0 bridgehead atoms. The highest BCUT2D eigenvalue weighted by molar-refractivity contribution is 7.89. The highest BCUT2D eigenvalue weighted by Crippen LogP contribution is 2.15. The first kappa shape index (κ1) is 17.1. The number of unbranched alkanes of at least 4 members (excludes halogenated alkanes) is 1. The predicted molar refractivity (Wildman–Crippen MR) is 78.5 cm³/mol. The number of halogens is 1. The minimum absolute atomic E-state index is 0.114. The third-order valence-electron chi connectivity index (χ3n) is 2.89. The van der Waals surface area contributed by atoms with Crippen molar-refractivity contribution in [3.05, 3.63) is 29.6 Å². The van der Waals surface area contributed by atoms with Gasteiger partial charge in [-0.1, -0.05) is 20.3 Å². The van der Waals surface area contributed by atoms with E-state index in [-0.39, 0.29) is 10.7 Å². The van der Waals surface area contributed by atoms with Gasteiger partial charge in [0.25, 0.3) is 0 Å². The molecule has 0 heterocycles. The summed E-state index contributed by atoms with van der Waals surface area (Å²) in [5.74, 6) is -0.388. The van der Waals surface area contributed by atoms with E-state index in [0.717, 1.165) is 25.8 Å². The number of hydrogen-bond acceptors (Lipinski definition) is 3. The minimum atomic E-state index is -3.55. The Morgan fingerprint density at radius 2 is 1.90 bits per heavy atom. The fraction of sp³-hybridized carbons (Fsp3) is 0.571. The van der Waals surface area contributed by atoms with E-state index in [0.29, 0.717) is 18.7 Å². The van der Waals surface area contributed by atoms with Crippen LogP contribution in [-0.2, 0) is 16.6 Å². The first-order valence-electron chi connectivity index (χ1n) is 7.00. The van der Waals surface area contributed by atoms with Gasteiger partial charge in [0.05, 0.1) is 4.90 Å². The molecule has 6 heteroatoms. The maximum Gasteiger partial charge on any atom is 0.240 e. The standard InChI is InChI=1S/C14H23FN2O2S/c1-3-5-9-17-20(18,19)13-6-7-14(15)12(10-13)11-16-8-4-2/h6-7,10,16-17H,3-5,8-9,11H2,1-2H3. The average Bonchev–Trinajstić information content (AvgIpc) is 2.41. The Balaban J connectivity index is 2.82. The van der Waals surface area contributed by atoms with Crippen molar-refractivity contribution in [2.45, 2.75) is 44.6 Å². The molecule has 0 saturated heterocycles. The van der Waals surface area contributed by atoms with Crippen LogP contribution in [0.2, 0.25) is 0 Å². The summed E-state index contributed by atoms with van der Waals surface area (Å²) in [6.45, 7) is 5.51. The third kappa shape index (κ3) is 5.19. The van der Waals surface area contributed by atoms with Crippen LogP contribution in [0.25, 0.3) is 0 Å². The zero-order valence-corrected chi connectivity index (χ0v) is 12.9. The van der Waals surface area contributed by atoms with E-state index < -0.39 is 10.0 Å². The number of hydrogen-bond donors (Lipinski definition) is 2. The third-order valence-corrected chi connectivity index (χ3v) is 4.35. The Morgan fingerprint density at radius 1 is 1.15 bits per heavy atom. The Hall–Kier alpha value is -0.980. The van der Waals surface area contributed by atoms with Gasteiger partial charge in [0.1, 0.15) is 5.82 Å². The zero-order chi connectivity index (χ0) is 15.0. The quantitative estimate of drug-likeness (QED) is 0.689. The van der Waals surface area contributed by atoms with Gasteiger partial charge >= 0.3 is 0 Å². The van der Waals surface area contributed by atoms with Crippen LogP contribution in [0.15, 0.2) is 23.1 Å². The topological polar surface area (TPSA) is 58.2 Å². The van der Waals surface area contributed by atoms with E-state index in [4.69, 9.17) is 0 Å². The van der Waals surface area contributed by atoms with Crippen molar-refractivity contribution in [1.82, 2.24) is 10.0 Å². The number of nitrogens with one attached hydrogen (secondary N) is 2. The molecular formula is C14H23FN2O2S. The van der Waals surface area contributed by atoms with E-state index in [1.807, 2.05) is 13.8 Å². The van der Waals surface area contributed by atoms with Crippen LogP contribution >= 0.6 is 0 Å². The van der Waals surface area contributed by atoms with Gasteiger partial charge in [-0.2, -0.15) is 0 Å². The first-order valence-corrected chi connectivity index (χ1v) is 8.48. The molecule has 0 aliphatic heterocycles. The van der Waals surface area contributed by atoms with E-state index in [1.165, 1.54) is 18.2 Å². The van der Waals surface area contributed by atoms with Gasteiger partial charge in [-0.15, -0.1) is 0 Å². The monoisotopic (exact) mass is 302 g/mol. The smallest absolute Gasteiger partial charge is 0.240 e. The molecule has 0 radical (unpaired) electrons. The van der Waals surface area contributed by atoms with Crippen LogP contribution in [0.5, 0.6) is 0 Å². The SMILES string of the molecule is CCCCNS(=O)(=O)c1ccc(F)c(CNCCC)c1. The Kier molecular flexibility index (Phi) is 7.12. The summed E-state index contributed by atoms with van der Waals surface area (Å²) in [5.41, 5.74) is 0.372. The summed E-state index contributed by atoms with van der Waals surface area (Å²) >= 11 is 0. The van der Waals surface area contributed by atoms with Gasteiger partial charge in [0, 0.05) is 18.7 Å². The lowest BCUT2D eigenvalue weighted by atomic mass is 10.2. The summed E-state index contributed by atoms with van der Waals surface area (Å²) < 4.78 is 40.2. The molecule has 20 heavy (non-hydrogen) atoms. The van der Waals surface area contributed by atoms with Crippen LogP contribution in [0.4, 0.5) is 4.39 Å². The van der Waals surface area contributed by atoms with E-state index >= 15 is 0 Å². The highest BCUT2D eigenvalue weighted by Gasteiger charge is 2.15. The van der Waals surface area contributed by atoms with Crippen molar-refractivity contribution in [3.8, 4) is 0 Å². The largest absolute Gasteiger partial charge is 0.313 e. The normalized spacial score (nSPS) is 11.8. The van der Waals surface area contributed by atoms with Crippen molar-refractivity contribution >= 4 is 10.0 Å². The van der Waals surface area contributed by atoms with E-state index in [9.17, 15) is 12.8 Å². The number of benzene rings is 1. The Morgan fingerprint density at radius 3 is 2.55 bits per heavy atom. The van der Waals surface area contributed by atoms with Crippen molar-refractivity contribution in [2.24, 2.45) is 0 Å². The van der Waals surface area contributed by atoms with E-state index in [2.05, 4.69) is 10.0 Å². The van der Waals surface area contributed by atoms with Gasteiger partial charge in [-0.3, -0.25) is 0 Å². The molecule has 0 saturated carbocycles. The summed E-state index contributed by atoms with van der Waals surface area (Å²) in [6.07, 6.45) is 2.64. The molecule has 0 atom stereocenters. The molecule has 114 valence electrons. The molecule has 1 rings (SSSR count). The van der Waals surface area contributed by atoms with Crippen molar-refractivity contribution in [2.75, 3.05) is 13.1 Å². The summed E-state index contributed by atoms with van der Waals surface area (Å²) in [6, 6.07) is 3.90. The lowest BCUT2D eigenvalue weighted by Crippen LogP contribution is -2.25. The van der Waals surface area contributed by atoms with Gasteiger partial charge in [0.15, 0.2) is 0 Å². The van der Waals surface area contributed by atoms with Crippen molar-refractivity contribution in [1.29, 1.82) is 0 Å². The predicted octanol–water partition coefficient (Wildman–Crippen LogP) is 2.40. The lowest BCUT2D eigenvalue weighted by Gasteiger charge is -2.09. The molecule has 0 aromatic heterocycles. The van der Waals surface area contributed by atoms with Gasteiger partial charge in [-0.05, 0) is 37.6 Å². The lowest BCUT2D eigenvalue weighted by molar-refractivity contribution is 0.572. The first-order chi connectivity index (χ1) is 9.51. The number of rotatable bonds is 9. The second kappa shape index (κ2) is 8.34.